The fraction of sp³-hybridized carbons (Fsp3) is 0.333. The molecule has 0 saturated heterocycles. The van der Waals surface area contributed by atoms with Gasteiger partial charge < -0.3 is 5.11 Å². The van der Waals surface area contributed by atoms with Crippen molar-refractivity contribution in [2.75, 3.05) is 0 Å². The molecule has 0 radical (unpaired) electrons. The van der Waals surface area contributed by atoms with Gasteiger partial charge in [-0.2, -0.15) is 0 Å². The summed E-state index contributed by atoms with van der Waals surface area (Å²) < 4.78 is 0. The quantitative estimate of drug-likeness (QED) is 0.869. The minimum atomic E-state index is -0.543. The van der Waals surface area contributed by atoms with Crippen LogP contribution in [0.25, 0.3) is 0 Å². The number of benzene rings is 1. The predicted octanol–water partition coefficient (Wildman–Crippen LogP) is 4.28. The highest BCUT2D eigenvalue weighted by atomic mass is 35.5. The number of hydrogen-bond donors (Lipinski definition) is 1. The topological polar surface area (TPSA) is 20.2 Å². The largest absolute Gasteiger partial charge is 0.383 e. The Morgan fingerprint density at radius 3 is 2.83 bits per heavy atom. The lowest BCUT2D eigenvalue weighted by atomic mass is 10.1. The molecule has 1 nitrogen and oxygen atoms in total. The number of aryl methyl sites for hydroxylation is 3. The number of halogens is 1. The summed E-state index contributed by atoms with van der Waals surface area (Å²) in [5.41, 5.74) is 3.35. The first-order valence-corrected chi connectivity index (χ1v) is 7.40. The first-order chi connectivity index (χ1) is 8.65. The molecule has 1 aromatic heterocycles. The third kappa shape index (κ3) is 2.09. The maximum atomic E-state index is 10.4. The average molecular weight is 279 g/mol. The van der Waals surface area contributed by atoms with Crippen LogP contribution in [0.4, 0.5) is 0 Å². The molecule has 0 fully saturated rings. The van der Waals surface area contributed by atoms with Crippen LogP contribution in [0.15, 0.2) is 24.3 Å². The van der Waals surface area contributed by atoms with Crippen molar-refractivity contribution in [1.29, 1.82) is 0 Å². The molecule has 1 aromatic carbocycles. The van der Waals surface area contributed by atoms with Crippen molar-refractivity contribution < 1.29 is 5.11 Å². The van der Waals surface area contributed by atoms with E-state index in [-0.39, 0.29) is 0 Å². The SMILES string of the molecule is Cc1ccc(C(O)c2cc3c(s2)CCC3)cc1Cl. The summed E-state index contributed by atoms with van der Waals surface area (Å²) in [6.07, 6.45) is 3.04. The Labute approximate surface area is 116 Å². The number of aliphatic hydroxyl groups is 1. The monoisotopic (exact) mass is 278 g/mol. The predicted molar refractivity (Wildman–Crippen MR) is 76.6 cm³/mol. The van der Waals surface area contributed by atoms with E-state index in [2.05, 4.69) is 6.07 Å². The molecule has 0 aliphatic heterocycles. The number of hydrogen-bond acceptors (Lipinski definition) is 2. The molecule has 0 amide bonds. The molecule has 3 rings (SSSR count). The van der Waals surface area contributed by atoms with Crippen molar-refractivity contribution in [1.82, 2.24) is 0 Å². The Morgan fingerprint density at radius 2 is 2.11 bits per heavy atom. The fourth-order valence-corrected chi connectivity index (χ4v) is 3.89. The van der Waals surface area contributed by atoms with Gasteiger partial charge in [-0.1, -0.05) is 23.7 Å². The van der Waals surface area contributed by atoms with Crippen molar-refractivity contribution in [3.05, 3.63) is 55.7 Å². The van der Waals surface area contributed by atoms with Gasteiger partial charge in [0.1, 0.15) is 6.10 Å². The average Bonchev–Trinajstić information content (AvgIpc) is 2.92. The number of thiophene rings is 1. The Morgan fingerprint density at radius 1 is 1.28 bits per heavy atom. The van der Waals surface area contributed by atoms with Gasteiger partial charge in [0.15, 0.2) is 0 Å². The number of fused-ring (bicyclic) bond motifs is 1. The second-order valence-electron chi connectivity index (χ2n) is 4.86. The van der Waals surface area contributed by atoms with Gasteiger partial charge in [0.25, 0.3) is 0 Å². The summed E-state index contributed by atoms with van der Waals surface area (Å²) in [4.78, 5) is 2.49. The van der Waals surface area contributed by atoms with E-state index in [9.17, 15) is 5.11 Å². The fourth-order valence-electron chi connectivity index (χ4n) is 2.43. The number of aliphatic hydroxyl groups excluding tert-OH is 1. The van der Waals surface area contributed by atoms with Gasteiger partial charge in [0, 0.05) is 14.8 Å². The molecular weight excluding hydrogens is 264 g/mol. The van der Waals surface area contributed by atoms with E-state index in [1.807, 2.05) is 25.1 Å². The lowest BCUT2D eigenvalue weighted by Crippen LogP contribution is -1.97. The Hall–Kier alpha value is -0.830. The van der Waals surface area contributed by atoms with Crippen molar-refractivity contribution in [3.63, 3.8) is 0 Å². The van der Waals surface area contributed by atoms with Gasteiger partial charge in [-0.15, -0.1) is 11.3 Å². The first-order valence-electron chi connectivity index (χ1n) is 6.21. The van der Waals surface area contributed by atoms with E-state index in [0.717, 1.165) is 27.4 Å². The van der Waals surface area contributed by atoms with Crippen LogP contribution in [-0.4, -0.2) is 5.11 Å². The summed E-state index contributed by atoms with van der Waals surface area (Å²) in [5.74, 6) is 0. The van der Waals surface area contributed by atoms with Crippen LogP contribution < -0.4 is 0 Å². The maximum absolute atomic E-state index is 10.4. The van der Waals surface area contributed by atoms with Crippen molar-refractivity contribution in [2.24, 2.45) is 0 Å². The highest BCUT2D eigenvalue weighted by molar-refractivity contribution is 7.12. The zero-order chi connectivity index (χ0) is 12.7. The van der Waals surface area contributed by atoms with Gasteiger partial charge in [-0.3, -0.25) is 0 Å². The van der Waals surface area contributed by atoms with Gasteiger partial charge in [0.05, 0.1) is 0 Å². The zero-order valence-electron chi connectivity index (χ0n) is 10.2. The van der Waals surface area contributed by atoms with Gasteiger partial charge in [-0.25, -0.2) is 0 Å². The first kappa shape index (κ1) is 12.2. The molecule has 18 heavy (non-hydrogen) atoms. The van der Waals surface area contributed by atoms with Crippen LogP contribution in [0, 0.1) is 6.92 Å². The van der Waals surface area contributed by atoms with E-state index < -0.39 is 6.10 Å². The lowest BCUT2D eigenvalue weighted by molar-refractivity contribution is 0.224. The number of rotatable bonds is 2. The van der Waals surface area contributed by atoms with Crippen molar-refractivity contribution in [3.8, 4) is 0 Å². The Balaban J connectivity index is 1.93. The van der Waals surface area contributed by atoms with Crippen LogP contribution in [0.2, 0.25) is 5.02 Å². The molecule has 1 unspecified atom stereocenters. The molecule has 1 atom stereocenters. The summed E-state index contributed by atoms with van der Waals surface area (Å²) in [5, 5.41) is 11.1. The normalized spacial score (nSPS) is 15.7. The molecule has 1 aliphatic carbocycles. The molecule has 3 heteroatoms. The Kier molecular flexibility index (Phi) is 3.18. The van der Waals surface area contributed by atoms with E-state index in [0.29, 0.717) is 0 Å². The van der Waals surface area contributed by atoms with Crippen LogP contribution in [0.1, 0.15) is 39.0 Å². The molecule has 0 bridgehead atoms. The minimum absolute atomic E-state index is 0.543. The van der Waals surface area contributed by atoms with Crippen molar-refractivity contribution >= 4 is 22.9 Å². The summed E-state index contributed by atoms with van der Waals surface area (Å²) >= 11 is 7.85. The third-order valence-corrected chi connectivity index (χ3v) is 5.24. The van der Waals surface area contributed by atoms with Gasteiger partial charge in [0.2, 0.25) is 0 Å². The van der Waals surface area contributed by atoms with Crippen LogP contribution in [-0.2, 0) is 12.8 Å². The van der Waals surface area contributed by atoms with E-state index in [1.165, 1.54) is 23.3 Å². The van der Waals surface area contributed by atoms with Crippen LogP contribution in [0.3, 0.4) is 0 Å². The van der Waals surface area contributed by atoms with E-state index >= 15 is 0 Å². The maximum Gasteiger partial charge on any atom is 0.113 e. The summed E-state index contributed by atoms with van der Waals surface area (Å²) in [7, 11) is 0. The summed E-state index contributed by atoms with van der Waals surface area (Å²) in [6.45, 7) is 1.97. The van der Waals surface area contributed by atoms with E-state index in [4.69, 9.17) is 11.6 Å². The highest BCUT2D eigenvalue weighted by Crippen LogP contribution is 2.36. The van der Waals surface area contributed by atoms with Crippen LogP contribution in [0.5, 0.6) is 0 Å². The second kappa shape index (κ2) is 4.69. The zero-order valence-corrected chi connectivity index (χ0v) is 11.8. The van der Waals surface area contributed by atoms with Crippen LogP contribution >= 0.6 is 22.9 Å². The smallest absolute Gasteiger partial charge is 0.113 e. The second-order valence-corrected chi connectivity index (χ2v) is 6.44. The standard InChI is InChI=1S/C15H15ClOS/c1-9-5-6-11(7-12(9)16)15(17)14-8-10-3-2-4-13(10)18-14/h5-8,15,17H,2-4H2,1H3. The lowest BCUT2D eigenvalue weighted by Gasteiger charge is -2.10. The molecular formula is C15H15ClOS. The molecule has 1 N–H and O–H groups in total. The molecule has 1 aliphatic rings. The molecule has 94 valence electrons. The minimum Gasteiger partial charge on any atom is -0.383 e. The van der Waals surface area contributed by atoms with Gasteiger partial charge >= 0.3 is 0 Å². The molecule has 0 spiro atoms. The van der Waals surface area contributed by atoms with Gasteiger partial charge in [-0.05, 0) is 55.0 Å². The molecule has 1 heterocycles. The molecule has 0 saturated carbocycles. The highest BCUT2D eigenvalue weighted by Gasteiger charge is 2.20. The summed E-state index contributed by atoms with van der Waals surface area (Å²) in [6, 6.07) is 7.94. The third-order valence-electron chi connectivity index (χ3n) is 3.55. The van der Waals surface area contributed by atoms with Crippen molar-refractivity contribution in [2.45, 2.75) is 32.3 Å². The Bertz CT molecular complexity index is 567. The van der Waals surface area contributed by atoms with E-state index in [1.54, 1.807) is 11.3 Å². The molecule has 2 aromatic rings.